The molecule has 2 aromatic rings. The fourth-order valence-corrected chi connectivity index (χ4v) is 4.94. The summed E-state index contributed by atoms with van der Waals surface area (Å²) in [7, 11) is -3.76. The number of hydrogen-bond acceptors (Lipinski definition) is 6. The highest BCUT2D eigenvalue weighted by atomic mass is 32.2. The van der Waals surface area contributed by atoms with E-state index in [2.05, 4.69) is 15.8 Å². The van der Waals surface area contributed by atoms with Gasteiger partial charge in [0.05, 0.1) is 18.1 Å². The van der Waals surface area contributed by atoms with Gasteiger partial charge in [0.2, 0.25) is 10.0 Å². The number of sulfonamides is 1. The van der Waals surface area contributed by atoms with Crippen molar-refractivity contribution >= 4 is 27.6 Å². The number of aryl methyl sites for hydroxylation is 1. The van der Waals surface area contributed by atoms with E-state index in [4.69, 9.17) is 4.74 Å². The second-order valence-corrected chi connectivity index (χ2v) is 9.07. The van der Waals surface area contributed by atoms with Crippen molar-refractivity contribution in [3.8, 4) is 0 Å². The van der Waals surface area contributed by atoms with Crippen LogP contribution in [0.5, 0.6) is 0 Å². The van der Waals surface area contributed by atoms with Gasteiger partial charge in [0, 0.05) is 29.9 Å². The van der Waals surface area contributed by atoms with E-state index < -0.39 is 21.8 Å². The third-order valence-corrected chi connectivity index (χ3v) is 6.90. The zero-order chi connectivity index (χ0) is 22.8. The Morgan fingerprint density at radius 2 is 1.71 bits per heavy atom. The highest BCUT2D eigenvalue weighted by Gasteiger charge is 2.27. The van der Waals surface area contributed by atoms with Gasteiger partial charge in [-0.25, -0.2) is 8.42 Å². The van der Waals surface area contributed by atoms with Crippen LogP contribution in [0.3, 0.4) is 0 Å². The van der Waals surface area contributed by atoms with E-state index in [1.165, 1.54) is 35.5 Å². The number of hydrogen-bond donors (Lipinski definition) is 3. The van der Waals surface area contributed by atoms with E-state index in [1.807, 2.05) is 0 Å². The molecular weight excluding hydrogens is 424 g/mol. The van der Waals surface area contributed by atoms with E-state index in [0.29, 0.717) is 30.0 Å². The van der Waals surface area contributed by atoms with Crippen LogP contribution < -0.4 is 10.9 Å². The SMILES string of the molecule is CC(=O)c1c(C)[nH]c(C(=O)NNC(=O)c2cccc(S(=O)(=O)N3CCOCC3)c2)c1C. The number of morpholine rings is 1. The van der Waals surface area contributed by atoms with Crippen LogP contribution in [0, 0.1) is 13.8 Å². The number of rotatable bonds is 5. The molecule has 31 heavy (non-hydrogen) atoms. The number of ether oxygens (including phenoxy) is 1. The molecule has 11 heteroatoms. The monoisotopic (exact) mass is 448 g/mol. The quantitative estimate of drug-likeness (QED) is 0.460. The minimum atomic E-state index is -3.76. The molecule has 2 amide bonds. The maximum Gasteiger partial charge on any atom is 0.286 e. The third kappa shape index (κ3) is 4.68. The lowest BCUT2D eigenvalue weighted by Gasteiger charge is -2.26. The molecule has 1 aliphatic rings. The van der Waals surface area contributed by atoms with Crippen LogP contribution in [0.15, 0.2) is 29.2 Å². The predicted octanol–water partition coefficient (Wildman–Crippen LogP) is 0.930. The number of nitrogens with one attached hydrogen (secondary N) is 3. The van der Waals surface area contributed by atoms with E-state index in [1.54, 1.807) is 13.8 Å². The molecule has 0 radical (unpaired) electrons. The molecule has 10 nitrogen and oxygen atoms in total. The number of aromatic amines is 1. The van der Waals surface area contributed by atoms with Gasteiger partial charge in [-0.05, 0) is 44.5 Å². The van der Waals surface area contributed by atoms with E-state index in [0.717, 1.165) is 0 Å². The summed E-state index contributed by atoms with van der Waals surface area (Å²) in [5.74, 6) is -1.48. The summed E-state index contributed by atoms with van der Waals surface area (Å²) >= 11 is 0. The lowest BCUT2D eigenvalue weighted by atomic mass is 10.1. The highest BCUT2D eigenvalue weighted by molar-refractivity contribution is 7.89. The van der Waals surface area contributed by atoms with Crippen molar-refractivity contribution in [2.24, 2.45) is 0 Å². The van der Waals surface area contributed by atoms with Crippen LogP contribution >= 0.6 is 0 Å². The number of hydrazine groups is 1. The second kappa shape index (κ2) is 9.00. The summed E-state index contributed by atoms with van der Waals surface area (Å²) in [5.41, 5.74) is 6.25. The lowest BCUT2D eigenvalue weighted by Crippen LogP contribution is -2.42. The van der Waals surface area contributed by atoms with Crippen molar-refractivity contribution in [3.05, 3.63) is 52.3 Å². The number of aromatic nitrogens is 1. The summed E-state index contributed by atoms with van der Waals surface area (Å²) < 4.78 is 32.0. The Morgan fingerprint density at radius 3 is 2.32 bits per heavy atom. The maximum absolute atomic E-state index is 12.8. The smallest absolute Gasteiger partial charge is 0.286 e. The Balaban J connectivity index is 1.72. The molecule has 0 spiro atoms. The van der Waals surface area contributed by atoms with Crippen molar-refractivity contribution in [1.82, 2.24) is 20.1 Å². The number of carbonyl (C=O) groups excluding carboxylic acids is 3. The van der Waals surface area contributed by atoms with Gasteiger partial charge < -0.3 is 9.72 Å². The molecule has 0 bridgehead atoms. The standard InChI is InChI=1S/C20H24N4O6S/c1-12-17(14(3)25)13(2)21-18(12)20(27)23-22-19(26)15-5-4-6-16(11-15)31(28,29)24-7-9-30-10-8-24/h4-6,11,21H,7-10H2,1-3H3,(H,22,26)(H,23,27). The summed E-state index contributed by atoms with van der Waals surface area (Å²) in [6, 6.07) is 5.57. The van der Waals surface area contributed by atoms with Crippen molar-refractivity contribution in [1.29, 1.82) is 0 Å². The van der Waals surface area contributed by atoms with E-state index in [-0.39, 0.29) is 35.0 Å². The molecule has 3 rings (SSSR count). The molecule has 1 aromatic heterocycles. The van der Waals surface area contributed by atoms with Gasteiger partial charge in [0.1, 0.15) is 5.69 Å². The van der Waals surface area contributed by atoms with Crippen molar-refractivity contribution < 1.29 is 27.5 Å². The molecular formula is C20H24N4O6S. The molecule has 2 heterocycles. The number of nitrogens with zero attached hydrogens (tertiary/aromatic N) is 1. The number of amides is 2. The van der Waals surface area contributed by atoms with Crippen molar-refractivity contribution in [2.75, 3.05) is 26.3 Å². The summed E-state index contributed by atoms with van der Waals surface area (Å²) in [6.45, 7) is 5.84. The topological polar surface area (TPSA) is 138 Å². The highest BCUT2D eigenvalue weighted by Crippen LogP contribution is 2.19. The first-order chi connectivity index (χ1) is 14.6. The molecule has 3 N–H and O–H groups in total. The normalized spacial score (nSPS) is 14.8. The molecule has 1 aromatic carbocycles. The number of carbonyl (C=O) groups is 3. The summed E-state index contributed by atoms with van der Waals surface area (Å²) in [4.78, 5) is 39.5. The Kier molecular flexibility index (Phi) is 6.58. The number of H-pyrrole nitrogens is 1. The molecule has 0 unspecified atom stereocenters. The zero-order valence-electron chi connectivity index (χ0n) is 17.4. The van der Waals surface area contributed by atoms with Crippen LogP contribution in [0.2, 0.25) is 0 Å². The summed E-state index contributed by atoms with van der Waals surface area (Å²) in [5, 5.41) is 0. The first kappa shape index (κ1) is 22.7. The number of ketones is 1. The first-order valence-electron chi connectivity index (χ1n) is 9.61. The van der Waals surface area contributed by atoms with Gasteiger partial charge in [-0.15, -0.1) is 0 Å². The fraction of sp³-hybridized carbons (Fsp3) is 0.350. The molecule has 0 aliphatic carbocycles. The van der Waals surface area contributed by atoms with Crippen LogP contribution in [0.4, 0.5) is 0 Å². The van der Waals surface area contributed by atoms with Crippen LogP contribution in [0.25, 0.3) is 0 Å². The Bertz CT molecular complexity index is 1130. The minimum absolute atomic E-state index is 0.0182. The Hall–Kier alpha value is -3.02. The van der Waals surface area contributed by atoms with Gasteiger partial charge in [0.25, 0.3) is 11.8 Å². The van der Waals surface area contributed by atoms with Gasteiger partial charge in [-0.1, -0.05) is 6.07 Å². The molecule has 1 fully saturated rings. The Morgan fingerprint density at radius 1 is 1.06 bits per heavy atom. The number of Topliss-reactive ketones (excluding diaryl/α,β-unsaturated/α-hetero) is 1. The van der Waals surface area contributed by atoms with Gasteiger partial charge in [-0.3, -0.25) is 25.2 Å². The Labute approximate surface area is 180 Å². The van der Waals surface area contributed by atoms with Gasteiger partial charge in [-0.2, -0.15) is 4.31 Å². The first-order valence-corrected chi connectivity index (χ1v) is 11.1. The molecule has 1 saturated heterocycles. The lowest BCUT2D eigenvalue weighted by molar-refractivity contribution is 0.0730. The van der Waals surface area contributed by atoms with Crippen LogP contribution in [-0.2, 0) is 14.8 Å². The number of benzene rings is 1. The zero-order valence-corrected chi connectivity index (χ0v) is 18.3. The fourth-order valence-electron chi connectivity index (χ4n) is 3.49. The summed E-state index contributed by atoms with van der Waals surface area (Å²) in [6.07, 6.45) is 0. The third-order valence-electron chi connectivity index (χ3n) is 5.01. The largest absolute Gasteiger partial charge is 0.379 e. The average molecular weight is 449 g/mol. The second-order valence-electron chi connectivity index (χ2n) is 7.13. The van der Waals surface area contributed by atoms with Gasteiger partial charge in [0.15, 0.2) is 5.78 Å². The van der Waals surface area contributed by atoms with Crippen LogP contribution in [0.1, 0.15) is 49.4 Å². The van der Waals surface area contributed by atoms with Crippen molar-refractivity contribution in [2.45, 2.75) is 25.7 Å². The van der Waals surface area contributed by atoms with E-state index in [9.17, 15) is 22.8 Å². The average Bonchev–Trinajstić information content (AvgIpc) is 3.06. The molecule has 0 atom stereocenters. The van der Waals surface area contributed by atoms with Crippen molar-refractivity contribution in [3.63, 3.8) is 0 Å². The van der Waals surface area contributed by atoms with Gasteiger partial charge >= 0.3 is 0 Å². The minimum Gasteiger partial charge on any atom is -0.379 e. The maximum atomic E-state index is 12.8. The molecule has 1 aliphatic heterocycles. The van der Waals surface area contributed by atoms with E-state index >= 15 is 0 Å². The van der Waals surface area contributed by atoms with Crippen LogP contribution in [-0.4, -0.2) is 61.6 Å². The predicted molar refractivity (Wildman–Crippen MR) is 111 cm³/mol. The molecule has 166 valence electrons. The molecule has 0 saturated carbocycles.